The van der Waals surface area contributed by atoms with Crippen molar-refractivity contribution in [2.24, 2.45) is 0 Å². The molecule has 1 aromatic rings. The quantitative estimate of drug-likeness (QED) is 0.878. The zero-order valence-corrected chi connectivity index (χ0v) is 12.4. The molecule has 120 valence electrons. The fourth-order valence-corrected chi connectivity index (χ4v) is 2.56. The molecule has 1 fully saturated rings. The highest BCUT2D eigenvalue weighted by Crippen LogP contribution is 2.38. The highest BCUT2D eigenvalue weighted by atomic mass is 16.7. The van der Waals surface area contributed by atoms with Gasteiger partial charge >= 0.3 is 6.03 Å². The number of anilines is 1. The molecule has 2 heterocycles. The standard InChI is InChI=1S/C15H16N4O4/c16-5-4-13(20)18-6-8-19(9-7-18)15(21)17-11-2-1-3-12-14(11)23-10-22-12/h1-3H,4,6-10H2,(H,17,21). The van der Waals surface area contributed by atoms with Crippen LogP contribution in [0.3, 0.4) is 0 Å². The maximum absolute atomic E-state index is 12.3. The Morgan fingerprint density at radius 1 is 1.17 bits per heavy atom. The zero-order valence-electron chi connectivity index (χ0n) is 12.4. The van der Waals surface area contributed by atoms with Crippen molar-refractivity contribution >= 4 is 17.6 Å². The molecular formula is C15H16N4O4. The predicted octanol–water partition coefficient (Wildman–Crippen LogP) is 1.01. The molecule has 0 unspecified atom stereocenters. The second kappa shape index (κ2) is 6.44. The van der Waals surface area contributed by atoms with Crippen LogP contribution in [0.15, 0.2) is 18.2 Å². The van der Waals surface area contributed by atoms with E-state index in [1.165, 1.54) is 0 Å². The van der Waals surface area contributed by atoms with Crippen LogP contribution in [0.25, 0.3) is 0 Å². The number of nitrogens with zero attached hydrogens (tertiary/aromatic N) is 3. The van der Waals surface area contributed by atoms with Gasteiger partial charge in [0.05, 0.1) is 11.8 Å². The Morgan fingerprint density at radius 2 is 1.91 bits per heavy atom. The molecule has 0 aromatic heterocycles. The van der Waals surface area contributed by atoms with Crippen LogP contribution in [0.4, 0.5) is 10.5 Å². The Morgan fingerprint density at radius 3 is 2.65 bits per heavy atom. The van der Waals surface area contributed by atoms with Crippen molar-refractivity contribution in [3.05, 3.63) is 18.2 Å². The number of rotatable bonds is 2. The molecule has 0 aliphatic carbocycles. The molecule has 2 aliphatic heterocycles. The van der Waals surface area contributed by atoms with E-state index in [2.05, 4.69) is 5.32 Å². The van der Waals surface area contributed by atoms with Crippen LogP contribution in [-0.4, -0.2) is 54.7 Å². The first kappa shape index (κ1) is 15.0. The summed E-state index contributed by atoms with van der Waals surface area (Å²) < 4.78 is 10.6. The van der Waals surface area contributed by atoms with Gasteiger partial charge in [0.1, 0.15) is 6.42 Å². The van der Waals surface area contributed by atoms with Gasteiger partial charge in [0.25, 0.3) is 0 Å². The van der Waals surface area contributed by atoms with Gasteiger partial charge in [-0.25, -0.2) is 4.79 Å². The third-order valence-electron chi connectivity index (χ3n) is 3.79. The first-order chi connectivity index (χ1) is 11.2. The molecule has 0 spiro atoms. The van der Waals surface area contributed by atoms with E-state index in [9.17, 15) is 9.59 Å². The minimum Gasteiger partial charge on any atom is -0.454 e. The number of piperazine rings is 1. The van der Waals surface area contributed by atoms with Gasteiger partial charge in [-0.1, -0.05) is 6.07 Å². The zero-order chi connectivity index (χ0) is 16.2. The van der Waals surface area contributed by atoms with E-state index >= 15 is 0 Å². The third-order valence-corrected chi connectivity index (χ3v) is 3.79. The Hall–Kier alpha value is -2.95. The van der Waals surface area contributed by atoms with Crippen molar-refractivity contribution in [2.75, 3.05) is 38.3 Å². The average molecular weight is 316 g/mol. The number of fused-ring (bicyclic) bond motifs is 1. The topological polar surface area (TPSA) is 94.9 Å². The fraction of sp³-hybridized carbons (Fsp3) is 0.400. The maximum atomic E-state index is 12.3. The van der Waals surface area contributed by atoms with Crippen LogP contribution in [0.2, 0.25) is 0 Å². The van der Waals surface area contributed by atoms with E-state index in [0.29, 0.717) is 43.4 Å². The number of carbonyl (C=O) groups excluding carboxylic acids is 2. The van der Waals surface area contributed by atoms with Gasteiger partial charge in [0.15, 0.2) is 11.5 Å². The number of para-hydroxylation sites is 1. The van der Waals surface area contributed by atoms with Gasteiger partial charge in [-0.3, -0.25) is 4.79 Å². The van der Waals surface area contributed by atoms with Gasteiger partial charge in [-0.05, 0) is 12.1 Å². The SMILES string of the molecule is N#CCC(=O)N1CCN(C(=O)Nc2cccc3c2OCO3)CC1. The molecule has 1 saturated heterocycles. The van der Waals surface area contributed by atoms with Gasteiger partial charge in [0, 0.05) is 26.2 Å². The summed E-state index contributed by atoms with van der Waals surface area (Å²) in [6.45, 7) is 1.85. The van der Waals surface area contributed by atoms with Crippen LogP contribution < -0.4 is 14.8 Å². The number of hydrogen-bond donors (Lipinski definition) is 1. The molecule has 0 atom stereocenters. The lowest BCUT2D eigenvalue weighted by atomic mass is 10.2. The Bertz CT molecular complexity index is 662. The second-order valence-electron chi connectivity index (χ2n) is 5.17. The molecule has 0 saturated carbocycles. The molecule has 1 aromatic carbocycles. The average Bonchev–Trinajstić information content (AvgIpc) is 3.05. The largest absolute Gasteiger partial charge is 0.454 e. The number of amides is 3. The highest BCUT2D eigenvalue weighted by molar-refractivity contribution is 5.92. The lowest BCUT2D eigenvalue weighted by Crippen LogP contribution is -2.51. The second-order valence-corrected chi connectivity index (χ2v) is 5.17. The first-order valence-corrected chi connectivity index (χ1v) is 7.28. The van der Waals surface area contributed by atoms with Crippen molar-refractivity contribution in [1.82, 2.24) is 9.80 Å². The first-order valence-electron chi connectivity index (χ1n) is 7.28. The molecule has 3 amide bonds. The monoisotopic (exact) mass is 316 g/mol. The van der Waals surface area contributed by atoms with Crippen LogP contribution in [0, 0.1) is 11.3 Å². The minimum absolute atomic E-state index is 0.125. The van der Waals surface area contributed by atoms with Crippen molar-refractivity contribution < 1.29 is 19.1 Å². The summed E-state index contributed by atoms with van der Waals surface area (Å²) in [6.07, 6.45) is -0.125. The summed E-state index contributed by atoms with van der Waals surface area (Å²) in [6, 6.07) is 6.90. The summed E-state index contributed by atoms with van der Waals surface area (Å²) in [7, 11) is 0. The summed E-state index contributed by atoms with van der Waals surface area (Å²) in [5.74, 6) is 0.942. The number of nitrogens with one attached hydrogen (secondary N) is 1. The Labute approximate surface area is 133 Å². The number of hydrogen-bond acceptors (Lipinski definition) is 5. The van der Waals surface area contributed by atoms with Crippen LogP contribution >= 0.6 is 0 Å². The molecule has 2 aliphatic rings. The third kappa shape index (κ3) is 3.13. The van der Waals surface area contributed by atoms with E-state index in [1.807, 2.05) is 6.07 Å². The Balaban J connectivity index is 1.58. The van der Waals surface area contributed by atoms with Crippen molar-refractivity contribution in [2.45, 2.75) is 6.42 Å². The molecule has 8 nitrogen and oxygen atoms in total. The molecule has 3 rings (SSSR count). The van der Waals surface area contributed by atoms with Gasteiger partial charge in [-0.15, -0.1) is 0 Å². The number of urea groups is 1. The molecule has 8 heteroatoms. The minimum atomic E-state index is -0.249. The van der Waals surface area contributed by atoms with Gasteiger partial charge in [-0.2, -0.15) is 5.26 Å². The van der Waals surface area contributed by atoms with Crippen molar-refractivity contribution in [3.8, 4) is 17.6 Å². The van der Waals surface area contributed by atoms with Gasteiger partial charge in [0.2, 0.25) is 12.7 Å². The highest BCUT2D eigenvalue weighted by Gasteiger charge is 2.25. The molecular weight excluding hydrogens is 300 g/mol. The summed E-state index contributed by atoms with van der Waals surface area (Å²) in [5, 5.41) is 11.4. The van der Waals surface area contributed by atoms with Crippen molar-refractivity contribution in [1.29, 1.82) is 5.26 Å². The number of carbonyl (C=O) groups is 2. The van der Waals surface area contributed by atoms with Gasteiger partial charge < -0.3 is 24.6 Å². The lowest BCUT2D eigenvalue weighted by molar-refractivity contribution is -0.131. The number of nitriles is 1. The van der Waals surface area contributed by atoms with Crippen LogP contribution in [0.5, 0.6) is 11.5 Å². The molecule has 23 heavy (non-hydrogen) atoms. The van der Waals surface area contributed by atoms with Crippen LogP contribution in [-0.2, 0) is 4.79 Å². The molecule has 1 N–H and O–H groups in total. The van der Waals surface area contributed by atoms with E-state index in [4.69, 9.17) is 14.7 Å². The number of benzene rings is 1. The summed E-state index contributed by atoms with van der Waals surface area (Å²) >= 11 is 0. The van der Waals surface area contributed by atoms with Crippen molar-refractivity contribution in [3.63, 3.8) is 0 Å². The van der Waals surface area contributed by atoms with Crippen LogP contribution in [0.1, 0.15) is 6.42 Å². The molecule has 0 radical (unpaired) electrons. The summed E-state index contributed by atoms with van der Waals surface area (Å²) in [4.78, 5) is 27.2. The Kier molecular flexibility index (Phi) is 4.19. The van der Waals surface area contributed by atoms with E-state index in [0.717, 1.165) is 0 Å². The van der Waals surface area contributed by atoms with E-state index in [-0.39, 0.29) is 25.2 Å². The maximum Gasteiger partial charge on any atom is 0.322 e. The summed E-state index contributed by atoms with van der Waals surface area (Å²) in [5.41, 5.74) is 0.563. The molecule has 0 bridgehead atoms. The smallest absolute Gasteiger partial charge is 0.322 e. The normalized spacial score (nSPS) is 16.0. The lowest BCUT2D eigenvalue weighted by Gasteiger charge is -2.34. The van der Waals surface area contributed by atoms with E-state index in [1.54, 1.807) is 28.0 Å². The predicted molar refractivity (Wildman–Crippen MR) is 80.0 cm³/mol. The fourth-order valence-electron chi connectivity index (χ4n) is 2.56. The van der Waals surface area contributed by atoms with E-state index < -0.39 is 0 Å². The number of ether oxygens (including phenoxy) is 2.